The van der Waals surface area contributed by atoms with E-state index in [0.29, 0.717) is 5.56 Å². The van der Waals surface area contributed by atoms with Gasteiger partial charge in [-0.15, -0.1) is 0 Å². The van der Waals surface area contributed by atoms with Gasteiger partial charge < -0.3 is 5.32 Å². The Morgan fingerprint density at radius 1 is 1.00 bits per heavy atom. The van der Waals surface area contributed by atoms with Gasteiger partial charge in [0.05, 0.1) is 17.1 Å². The van der Waals surface area contributed by atoms with E-state index >= 15 is 0 Å². The average Bonchev–Trinajstić information content (AvgIpc) is 2.95. The second-order valence-electron chi connectivity index (χ2n) is 5.55. The fourth-order valence-electron chi connectivity index (χ4n) is 2.72. The molecule has 23 heavy (non-hydrogen) atoms. The zero-order chi connectivity index (χ0) is 16.4. The highest BCUT2D eigenvalue weighted by Crippen LogP contribution is 2.22. The summed E-state index contributed by atoms with van der Waals surface area (Å²) in [6, 6.07) is 17.1. The molecule has 1 atom stereocenters. The number of nitrogens with one attached hydrogen (secondary N) is 1. The third-order valence-electron chi connectivity index (χ3n) is 3.94. The van der Waals surface area contributed by atoms with E-state index in [1.807, 2.05) is 61.5 Å². The van der Waals surface area contributed by atoms with E-state index in [4.69, 9.17) is 0 Å². The number of fused-ring (bicyclic) bond motifs is 1. The summed E-state index contributed by atoms with van der Waals surface area (Å²) in [7, 11) is 0. The SMILES string of the molecule is CC(=O)n1cc(C(=O)NC(C)c2ccccc2)c2ccccc21. The third-order valence-corrected chi connectivity index (χ3v) is 3.94. The monoisotopic (exact) mass is 306 g/mol. The minimum atomic E-state index is -0.183. The van der Waals surface area contributed by atoms with Gasteiger partial charge in [0.15, 0.2) is 0 Å². The number of nitrogens with zero attached hydrogens (tertiary/aromatic N) is 1. The molecular formula is C19H18N2O2. The largest absolute Gasteiger partial charge is 0.345 e. The molecular weight excluding hydrogens is 288 g/mol. The van der Waals surface area contributed by atoms with Crippen LogP contribution >= 0.6 is 0 Å². The molecule has 1 heterocycles. The summed E-state index contributed by atoms with van der Waals surface area (Å²) in [6.07, 6.45) is 1.61. The van der Waals surface area contributed by atoms with Crippen molar-refractivity contribution in [2.75, 3.05) is 0 Å². The quantitative estimate of drug-likeness (QED) is 0.800. The van der Waals surface area contributed by atoms with Gasteiger partial charge in [0, 0.05) is 18.5 Å². The summed E-state index contributed by atoms with van der Waals surface area (Å²) in [5.41, 5.74) is 2.30. The molecule has 1 N–H and O–H groups in total. The van der Waals surface area contributed by atoms with E-state index in [1.165, 1.54) is 11.5 Å². The molecule has 3 rings (SSSR count). The van der Waals surface area contributed by atoms with Gasteiger partial charge in [-0.1, -0.05) is 48.5 Å². The Hall–Kier alpha value is -2.88. The van der Waals surface area contributed by atoms with Gasteiger partial charge in [-0.2, -0.15) is 0 Å². The van der Waals surface area contributed by atoms with Crippen LogP contribution in [0.4, 0.5) is 0 Å². The predicted molar refractivity (Wildman–Crippen MR) is 90.6 cm³/mol. The van der Waals surface area contributed by atoms with Gasteiger partial charge in [0.25, 0.3) is 5.91 Å². The summed E-state index contributed by atoms with van der Waals surface area (Å²) in [6.45, 7) is 3.43. The van der Waals surface area contributed by atoms with Crippen molar-refractivity contribution in [2.24, 2.45) is 0 Å². The van der Waals surface area contributed by atoms with Crippen molar-refractivity contribution in [2.45, 2.75) is 19.9 Å². The van der Waals surface area contributed by atoms with Gasteiger partial charge in [0.1, 0.15) is 0 Å². The van der Waals surface area contributed by atoms with Crippen molar-refractivity contribution in [3.05, 3.63) is 71.9 Å². The van der Waals surface area contributed by atoms with Crippen molar-refractivity contribution >= 4 is 22.7 Å². The fraction of sp³-hybridized carbons (Fsp3) is 0.158. The van der Waals surface area contributed by atoms with E-state index in [1.54, 1.807) is 6.20 Å². The van der Waals surface area contributed by atoms with Gasteiger partial charge >= 0.3 is 0 Å². The molecule has 4 nitrogen and oxygen atoms in total. The topological polar surface area (TPSA) is 51.1 Å². The van der Waals surface area contributed by atoms with E-state index < -0.39 is 0 Å². The average molecular weight is 306 g/mol. The lowest BCUT2D eigenvalue weighted by Gasteiger charge is -2.13. The normalized spacial score (nSPS) is 12.1. The van der Waals surface area contributed by atoms with Crippen molar-refractivity contribution < 1.29 is 9.59 Å². The molecule has 1 amide bonds. The molecule has 0 spiro atoms. The van der Waals surface area contributed by atoms with Crippen molar-refractivity contribution in [1.29, 1.82) is 0 Å². The highest BCUT2D eigenvalue weighted by molar-refractivity contribution is 6.09. The Bertz CT molecular complexity index is 865. The predicted octanol–water partition coefficient (Wildman–Crippen LogP) is 3.79. The second-order valence-corrected chi connectivity index (χ2v) is 5.55. The number of aromatic nitrogens is 1. The van der Waals surface area contributed by atoms with E-state index in [0.717, 1.165) is 16.5 Å². The number of rotatable bonds is 3. The third kappa shape index (κ3) is 2.88. The lowest BCUT2D eigenvalue weighted by Crippen LogP contribution is -2.26. The number of hydrogen-bond donors (Lipinski definition) is 1. The molecule has 0 aliphatic heterocycles. The van der Waals surface area contributed by atoms with Crippen molar-refractivity contribution in [1.82, 2.24) is 9.88 Å². The first-order chi connectivity index (χ1) is 11.1. The number of carbonyl (C=O) groups is 2. The molecule has 0 bridgehead atoms. The summed E-state index contributed by atoms with van der Waals surface area (Å²) < 4.78 is 1.51. The smallest absolute Gasteiger partial charge is 0.253 e. The summed E-state index contributed by atoms with van der Waals surface area (Å²) in [5.74, 6) is -0.297. The number of hydrogen-bond acceptors (Lipinski definition) is 2. The maximum atomic E-state index is 12.6. The Balaban J connectivity index is 1.94. The van der Waals surface area contributed by atoms with Crippen LogP contribution < -0.4 is 5.32 Å². The number of para-hydroxylation sites is 1. The number of benzene rings is 2. The highest BCUT2D eigenvalue weighted by atomic mass is 16.2. The molecule has 0 saturated heterocycles. The van der Waals surface area contributed by atoms with Crippen LogP contribution in [-0.2, 0) is 0 Å². The number of carbonyl (C=O) groups excluding carboxylic acids is 2. The standard InChI is InChI=1S/C19H18N2O2/c1-13(15-8-4-3-5-9-15)20-19(23)17-12-21(14(2)22)18-11-7-6-10-16(17)18/h3-13H,1-2H3,(H,20,23). The van der Waals surface area contributed by atoms with E-state index in [2.05, 4.69) is 5.32 Å². The van der Waals surface area contributed by atoms with Crippen LogP contribution in [0.3, 0.4) is 0 Å². The Morgan fingerprint density at radius 2 is 1.65 bits per heavy atom. The molecule has 2 aromatic carbocycles. The molecule has 4 heteroatoms. The molecule has 0 saturated carbocycles. The fourth-order valence-corrected chi connectivity index (χ4v) is 2.72. The first kappa shape index (κ1) is 15.0. The summed E-state index contributed by atoms with van der Waals surface area (Å²) in [4.78, 5) is 24.4. The lowest BCUT2D eigenvalue weighted by molar-refractivity contribution is 0.0940. The zero-order valence-electron chi connectivity index (χ0n) is 13.1. The molecule has 1 aromatic heterocycles. The van der Waals surface area contributed by atoms with Crippen molar-refractivity contribution in [3.63, 3.8) is 0 Å². The van der Waals surface area contributed by atoms with Crippen LogP contribution in [0.2, 0.25) is 0 Å². The molecule has 0 aliphatic carbocycles. The Labute approximate surface area is 134 Å². The maximum Gasteiger partial charge on any atom is 0.253 e. The first-order valence-corrected chi connectivity index (χ1v) is 7.55. The number of amides is 1. The zero-order valence-corrected chi connectivity index (χ0v) is 13.1. The van der Waals surface area contributed by atoms with E-state index in [9.17, 15) is 9.59 Å². The van der Waals surface area contributed by atoms with Crippen molar-refractivity contribution in [3.8, 4) is 0 Å². The maximum absolute atomic E-state index is 12.6. The molecule has 0 aliphatic rings. The molecule has 3 aromatic rings. The van der Waals surface area contributed by atoms with Gasteiger partial charge in [-0.25, -0.2) is 0 Å². The van der Waals surface area contributed by atoms with Crippen LogP contribution in [-0.4, -0.2) is 16.4 Å². The summed E-state index contributed by atoms with van der Waals surface area (Å²) >= 11 is 0. The lowest BCUT2D eigenvalue weighted by atomic mass is 10.1. The van der Waals surface area contributed by atoms with Crippen LogP contribution in [0.5, 0.6) is 0 Å². The Kier molecular flexibility index (Phi) is 3.98. The Morgan fingerprint density at radius 3 is 2.35 bits per heavy atom. The highest BCUT2D eigenvalue weighted by Gasteiger charge is 2.18. The van der Waals surface area contributed by atoms with Crippen LogP contribution in [0.25, 0.3) is 10.9 Å². The molecule has 1 unspecified atom stereocenters. The first-order valence-electron chi connectivity index (χ1n) is 7.55. The molecule has 0 fully saturated rings. The van der Waals surface area contributed by atoms with Crippen LogP contribution in [0.15, 0.2) is 60.8 Å². The summed E-state index contributed by atoms with van der Waals surface area (Å²) in [5, 5.41) is 3.77. The second kappa shape index (κ2) is 6.08. The minimum Gasteiger partial charge on any atom is -0.345 e. The van der Waals surface area contributed by atoms with Gasteiger partial charge in [0.2, 0.25) is 5.91 Å². The van der Waals surface area contributed by atoms with E-state index in [-0.39, 0.29) is 17.9 Å². The van der Waals surface area contributed by atoms with Crippen LogP contribution in [0, 0.1) is 0 Å². The molecule has 116 valence electrons. The molecule has 0 radical (unpaired) electrons. The van der Waals surface area contributed by atoms with Crippen LogP contribution in [0.1, 0.15) is 40.6 Å². The minimum absolute atomic E-state index is 0.108. The van der Waals surface area contributed by atoms with Gasteiger partial charge in [-0.3, -0.25) is 14.2 Å². The van der Waals surface area contributed by atoms with Gasteiger partial charge in [-0.05, 0) is 18.6 Å².